The van der Waals surface area contributed by atoms with Crippen molar-refractivity contribution in [3.8, 4) is 0 Å². The Bertz CT molecular complexity index is 696. The molecule has 1 atom stereocenters. The summed E-state index contributed by atoms with van der Waals surface area (Å²) in [6.45, 7) is 11.3. The molecule has 1 aliphatic rings. The molecule has 0 aromatic heterocycles. The zero-order chi connectivity index (χ0) is 21.2. The number of likely N-dealkylation sites (tertiary alicyclic amines) is 1. The standard InChI is InChI=1S/C22H35N5O2.HI/c1-5-23-22(25-19-12-13-27(16-19)21(29)17(3)4)24-14-20(28)26(6-2)15-18-10-8-7-9-11-18;/h7-11,17,19H,5-6,12-16H2,1-4H3,(H2,23,24,25);1H. The Morgan fingerprint density at radius 2 is 1.93 bits per heavy atom. The maximum Gasteiger partial charge on any atom is 0.244 e. The Morgan fingerprint density at radius 3 is 2.53 bits per heavy atom. The first-order valence-corrected chi connectivity index (χ1v) is 10.6. The summed E-state index contributed by atoms with van der Waals surface area (Å²) in [6.07, 6.45) is 0.881. The normalized spacial score (nSPS) is 16.2. The van der Waals surface area contributed by atoms with Crippen molar-refractivity contribution in [3.63, 3.8) is 0 Å². The summed E-state index contributed by atoms with van der Waals surface area (Å²) >= 11 is 0. The lowest BCUT2D eigenvalue weighted by molar-refractivity contribution is -0.133. The molecule has 1 heterocycles. The van der Waals surface area contributed by atoms with Gasteiger partial charge < -0.3 is 20.4 Å². The van der Waals surface area contributed by atoms with Crippen molar-refractivity contribution in [1.29, 1.82) is 0 Å². The first-order chi connectivity index (χ1) is 13.9. The summed E-state index contributed by atoms with van der Waals surface area (Å²) in [6, 6.07) is 10.1. The number of nitrogens with zero attached hydrogens (tertiary/aromatic N) is 3. The SMILES string of the molecule is CCNC(=NCC(=O)N(CC)Cc1ccccc1)NC1CCN(C(=O)C(C)C)C1.I. The summed E-state index contributed by atoms with van der Waals surface area (Å²) < 4.78 is 0. The number of likely N-dealkylation sites (N-methyl/N-ethyl adjacent to an activating group) is 1. The van der Waals surface area contributed by atoms with Gasteiger partial charge in [-0.05, 0) is 25.8 Å². The molecule has 30 heavy (non-hydrogen) atoms. The van der Waals surface area contributed by atoms with Crippen LogP contribution in [0.1, 0.15) is 39.7 Å². The van der Waals surface area contributed by atoms with Gasteiger partial charge in [0.1, 0.15) is 6.54 Å². The molecule has 0 aliphatic carbocycles. The lowest BCUT2D eigenvalue weighted by atomic mass is 10.2. The van der Waals surface area contributed by atoms with Gasteiger partial charge in [-0.1, -0.05) is 44.2 Å². The van der Waals surface area contributed by atoms with Crippen LogP contribution in [-0.4, -0.2) is 66.3 Å². The van der Waals surface area contributed by atoms with Crippen molar-refractivity contribution in [2.75, 3.05) is 32.7 Å². The van der Waals surface area contributed by atoms with E-state index in [2.05, 4.69) is 15.6 Å². The van der Waals surface area contributed by atoms with E-state index in [1.54, 1.807) is 4.90 Å². The second-order valence-electron chi connectivity index (χ2n) is 7.66. The molecule has 1 aromatic rings. The third-order valence-electron chi connectivity index (χ3n) is 5.00. The van der Waals surface area contributed by atoms with Gasteiger partial charge in [-0.3, -0.25) is 9.59 Å². The maximum absolute atomic E-state index is 12.7. The fraction of sp³-hybridized carbons (Fsp3) is 0.591. The van der Waals surface area contributed by atoms with Crippen LogP contribution in [0.2, 0.25) is 0 Å². The zero-order valence-electron chi connectivity index (χ0n) is 18.6. The van der Waals surface area contributed by atoms with Crippen molar-refractivity contribution in [3.05, 3.63) is 35.9 Å². The van der Waals surface area contributed by atoms with Crippen LogP contribution in [0.15, 0.2) is 35.3 Å². The minimum atomic E-state index is -0.00316. The number of halogens is 1. The minimum Gasteiger partial charge on any atom is -0.357 e. The van der Waals surface area contributed by atoms with E-state index in [0.29, 0.717) is 32.1 Å². The molecule has 0 radical (unpaired) electrons. The van der Waals surface area contributed by atoms with Crippen molar-refractivity contribution in [1.82, 2.24) is 20.4 Å². The molecule has 0 spiro atoms. The molecule has 1 aromatic carbocycles. The predicted octanol–water partition coefficient (Wildman–Crippen LogP) is 2.47. The monoisotopic (exact) mass is 529 g/mol. The third kappa shape index (κ3) is 8.12. The fourth-order valence-corrected chi connectivity index (χ4v) is 3.38. The van der Waals surface area contributed by atoms with E-state index >= 15 is 0 Å². The number of carbonyl (C=O) groups excluding carboxylic acids is 2. The first-order valence-electron chi connectivity index (χ1n) is 10.6. The van der Waals surface area contributed by atoms with E-state index in [1.165, 1.54) is 0 Å². The van der Waals surface area contributed by atoms with Gasteiger partial charge in [0.2, 0.25) is 11.8 Å². The van der Waals surface area contributed by atoms with Crippen LogP contribution in [0.4, 0.5) is 0 Å². The third-order valence-corrected chi connectivity index (χ3v) is 5.00. The van der Waals surface area contributed by atoms with Crippen LogP contribution < -0.4 is 10.6 Å². The van der Waals surface area contributed by atoms with E-state index in [4.69, 9.17) is 0 Å². The van der Waals surface area contributed by atoms with Gasteiger partial charge in [0.05, 0.1) is 0 Å². The molecule has 7 nitrogen and oxygen atoms in total. The van der Waals surface area contributed by atoms with Gasteiger partial charge in [0.15, 0.2) is 5.96 Å². The second kappa shape index (κ2) is 13.5. The van der Waals surface area contributed by atoms with E-state index in [0.717, 1.165) is 18.5 Å². The largest absolute Gasteiger partial charge is 0.357 e. The highest BCUT2D eigenvalue weighted by atomic mass is 127. The zero-order valence-corrected chi connectivity index (χ0v) is 20.9. The van der Waals surface area contributed by atoms with Gasteiger partial charge in [-0.2, -0.15) is 0 Å². The number of aliphatic imine (C=N–C) groups is 1. The van der Waals surface area contributed by atoms with E-state index in [1.807, 2.05) is 62.9 Å². The van der Waals surface area contributed by atoms with Crippen LogP contribution >= 0.6 is 24.0 Å². The number of benzene rings is 1. The average molecular weight is 529 g/mol. The number of hydrogen-bond donors (Lipinski definition) is 2. The lowest BCUT2D eigenvalue weighted by Gasteiger charge is -2.22. The highest BCUT2D eigenvalue weighted by Crippen LogP contribution is 2.12. The Kier molecular flexibility index (Phi) is 11.8. The molecular formula is C22H36IN5O2. The number of rotatable bonds is 8. The van der Waals surface area contributed by atoms with E-state index < -0.39 is 0 Å². The summed E-state index contributed by atoms with van der Waals surface area (Å²) in [7, 11) is 0. The molecule has 2 N–H and O–H groups in total. The molecule has 2 amide bonds. The number of nitrogens with one attached hydrogen (secondary N) is 2. The van der Waals surface area contributed by atoms with Crippen LogP contribution in [0.5, 0.6) is 0 Å². The summed E-state index contributed by atoms with van der Waals surface area (Å²) in [5.74, 6) is 0.820. The van der Waals surface area contributed by atoms with Crippen LogP contribution in [0, 0.1) is 5.92 Å². The van der Waals surface area contributed by atoms with E-state index in [-0.39, 0.29) is 54.3 Å². The number of guanidine groups is 1. The molecule has 168 valence electrons. The Morgan fingerprint density at radius 1 is 1.23 bits per heavy atom. The molecular weight excluding hydrogens is 493 g/mol. The fourth-order valence-electron chi connectivity index (χ4n) is 3.38. The summed E-state index contributed by atoms with van der Waals surface area (Å²) in [5.41, 5.74) is 1.11. The van der Waals surface area contributed by atoms with Gasteiger partial charge in [0.25, 0.3) is 0 Å². The quantitative estimate of drug-likeness (QED) is 0.308. The van der Waals surface area contributed by atoms with Crippen LogP contribution in [0.3, 0.4) is 0 Å². The molecule has 0 saturated carbocycles. The maximum atomic E-state index is 12.7. The van der Waals surface area contributed by atoms with E-state index in [9.17, 15) is 9.59 Å². The molecule has 2 rings (SSSR count). The Hall–Kier alpha value is -1.84. The van der Waals surface area contributed by atoms with Crippen LogP contribution in [0.25, 0.3) is 0 Å². The van der Waals surface area contributed by atoms with Crippen molar-refractivity contribution in [2.24, 2.45) is 10.9 Å². The highest BCUT2D eigenvalue weighted by molar-refractivity contribution is 14.0. The van der Waals surface area contributed by atoms with Gasteiger partial charge in [-0.15, -0.1) is 24.0 Å². The second-order valence-corrected chi connectivity index (χ2v) is 7.66. The molecule has 1 fully saturated rings. The molecule has 8 heteroatoms. The average Bonchev–Trinajstić information content (AvgIpc) is 3.18. The smallest absolute Gasteiger partial charge is 0.244 e. The molecule has 1 aliphatic heterocycles. The number of carbonyl (C=O) groups is 2. The van der Waals surface area contributed by atoms with Crippen molar-refractivity contribution >= 4 is 41.8 Å². The highest BCUT2D eigenvalue weighted by Gasteiger charge is 2.28. The molecule has 1 unspecified atom stereocenters. The number of hydrogen-bond acceptors (Lipinski definition) is 3. The minimum absolute atomic E-state index is 0. The first kappa shape index (κ1) is 26.2. The Labute approximate surface area is 197 Å². The van der Waals surface area contributed by atoms with Crippen LogP contribution in [-0.2, 0) is 16.1 Å². The van der Waals surface area contributed by atoms with Gasteiger partial charge >= 0.3 is 0 Å². The van der Waals surface area contributed by atoms with Gasteiger partial charge in [-0.25, -0.2) is 4.99 Å². The summed E-state index contributed by atoms with van der Waals surface area (Å²) in [5, 5.41) is 6.58. The number of amides is 2. The van der Waals surface area contributed by atoms with Crippen molar-refractivity contribution in [2.45, 2.75) is 46.7 Å². The van der Waals surface area contributed by atoms with Gasteiger partial charge in [0, 0.05) is 44.7 Å². The molecule has 1 saturated heterocycles. The lowest BCUT2D eigenvalue weighted by Crippen LogP contribution is -2.46. The van der Waals surface area contributed by atoms with Crippen molar-refractivity contribution < 1.29 is 9.59 Å². The predicted molar refractivity (Wildman–Crippen MR) is 132 cm³/mol. The summed E-state index contributed by atoms with van der Waals surface area (Å²) in [4.78, 5) is 33.0. The molecule has 0 bridgehead atoms. The topological polar surface area (TPSA) is 77.0 Å². The Balaban J connectivity index is 0.00000450.